The molecule has 5 nitrogen and oxygen atoms in total. The molecule has 192 valence electrons. The van der Waals surface area contributed by atoms with Crippen molar-refractivity contribution in [1.82, 2.24) is 15.2 Å². The summed E-state index contributed by atoms with van der Waals surface area (Å²) in [5, 5.41) is 4.29. The molecule has 0 radical (unpaired) electrons. The van der Waals surface area contributed by atoms with Crippen LogP contribution in [0.4, 0.5) is 0 Å². The monoisotopic (exact) mass is 495 g/mol. The molecule has 1 N–H and O–H groups in total. The second-order valence-electron chi connectivity index (χ2n) is 11.8. The Balaban J connectivity index is 1.09. The number of carbonyl (C=O) groups excluding carboxylic acids is 2. The van der Waals surface area contributed by atoms with Crippen LogP contribution in [0, 0.1) is 25.2 Å². The van der Waals surface area contributed by atoms with Crippen LogP contribution in [0.15, 0.2) is 54.6 Å². The van der Waals surface area contributed by atoms with Crippen LogP contribution < -0.4 is 5.32 Å². The smallest absolute Gasteiger partial charge is 0.254 e. The lowest BCUT2D eigenvalue weighted by Gasteiger charge is -2.33. The summed E-state index contributed by atoms with van der Waals surface area (Å²) in [5.41, 5.74) is 5.12. The van der Waals surface area contributed by atoms with Gasteiger partial charge in [-0.05, 0) is 75.1 Å². The Morgan fingerprint density at radius 2 is 1.70 bits per heavy atom. The molecular formula is C32H37N3O2. The van der Waals surface area contributed by atoms with E-state index in [0.717, 1.165) is 66.4 Å². The molecule has 2 aromatic carbocycles. The van der Waals surface area contributed by atoms with Gasteiger partial charge in [-0.2, -0.15) is 0 Å². The number of aromatic nitrogens is 1. The zero-order valence-electron chi connectivity index (χ0n) is 22.1. The van der Waals surface area contributed by atoms with E-state index in [1.807, 2.05) is 36.9 Å². The van der Waals surface area contributed by atoms with Gasteiger partial charge >= 0.3 is 0 Å². The number of amides is 2. The number of nitrogens with one attached hydrogen (secondary N) is 1. The Morgan fingerprint density at radius 3 is 2.43 bits per heavy atom. The van der Waals surface area contributed by atoms with E-state index in [-0.39, 0.29) is 28.6 Å². The minimum atomic E-state index is 0.0727. The highest BCUT2D eigenvalue weighted by atomic mass is 16.2. The summed E-state index contributed by atoms with van der Waals surface area (Å²) in [4.78, 5) is 33.4. The summed E-state index contributed by atoms with van der Waals surface area (Å²) in [6.45, 7) is 6.16. The lowest BCUT2D eigenvalue weighted by atomic mass is 9.78. The van der Waals surface area contributed by atoms with Crippen LogP contribution in [0.25, 0.3) is 10.9 Å². The molecule has 1 aliphatic heterocycles. The highest BCUT2D eigenvalue weighted by molar-refractivity contribution is 6.06. The van der Waals surface area contributed by atoms with E-state index < -0.39 is 0 Å². The Morgan fingerprint density at radius 1 is 0.973 bits per heavy atom. The van der Waals surface area contributed by atoms with Crippen LogP contribution >= 0.6 is 0 Å². The second kappa shape index (κ2) is 9.27. The molecule has 3 aromatic rings. The third-order valence-electron chi connectivity index (χ3n) is 9.42. The zero-order chi connectivity index (χ0) is 25.6. The van der Waals surface area contributed by atoms with E-state index in [0.29, 0.717) is 13.1 Å². The number of carbonyl (C=O) groups is 2. The van der Waals surface area contributed by atoms with Crippen molar-refractivity contribution < 1.29 is 9.59 Å². The van der Waals surface area contributed by atoms with Crippen LogP contribution in [-0.4, -0.2) is 41.3 Å². The Bertz CT molecular complexity index is 1330. The average molecular weight is 496 g/mol. The first-order chi connectivity index (χ1) is 17.9. The molecular weight excluding hydrogens is 458 g/mol. The van der Waals surface area contributed by atoms with Gasteiger partial charge in [-0.15, -0.1) is 0 Å². The molecule has 1 saturated heterocycles. The number of fused-ring (bicyclic) bond motifs is 1. The second-order valence-corrected chi connectivity index (χ2v) is 11.8. The number of piperidine rings is 1. The summed E-state index contributed by atoms with van der Waals surface area (Å²) < 4.78 is 0. The van der Waals surface area contributed by atoms with Gasteiger partial charge in [-0.25, -0.2) is 0 Å². The number of nitrogens with zero attached hydrogens (tertiary/aromatic N) is 2. The van der Waals surface area contributed by atoms with E-state index >= 15 is 0 Å². The Labute approximate surface area is 219 Å². The number of hydrogen-bond acceptors (Lipinski definition) is 3. The highest BCUT2D eigenvalue weighted by Gasteiger charge is 2.59. The summed E-state index contributed by atoms with van der Waals surface area (Å²) in [6.07, 6.45) is 7.51. The number of pyridine rings is 1. The minimum absolute atomic E-state index is 0.0727. The molecule has 2 amide bonds. The van der Waals surface area contributed by atoms with E-state index in [1.165, 1.54) is 18.4 Å². The van der Waals surface area contributed by atoms with Crippen LogP contribution in [0.3, 0.4) is 0 Å². The minimum Gasteiger partial charge on any atom is -0.355 e. The lowest BCUT2D eigenvalue weighted by Crippen LogP contribution is -2.42. The zero-order valence-corrected chi connectivity index (χ0v) is 22.1. The molecule has 2 aliphatic carbocycles. The maximum absolute atomic E-state index is 13.6. The van der Waals surface area contributed by atoms with Gasteiger partial charge in [0.15, 0.2) is 0 Å². The predicted octanol–water partition coefficient (Wildman–Crippen LogP) is 5.72. The standard InChI is InChI=1S/C32H37N3O2/c1-22-10-11-28-25(18-22)26(19-23(2)34-28)30(37)35-16-14-31(15-17-35)20-27(31)29(36)33-21-32(12-6-7-13-32)24-8-4-3-5-9-24/h3-5,8-11,18-19,27H,6-7,12-17,20-21H2,1-2H3,(H,33,36). The number of aryl methyl sites for hydroxylation is 2. The van der Waals surface area contributed by atoms with Crippen LogP contribution in [0.5, 0.6) is 0 Å². The van der Waals surface area contributed by atoms with Gasteiger partial charge in [-0.1, -0.05) is 54.8 Å². The molecule has 1 spiro atoms. The maximum Gasteiger partial charge on any atom is 0.254 e. The first kappa shape index (κ1) is 24.1. The quantitative estimate of drug-likeness (QED) is 0.492. The normalized spacial score (nSPS) is 21.8. The summed E-state index contributed by atoms with van der Waals surface area (Å²) in [6, 6.07) is 18.8. The van der Waals surface area contributed by atoms with Crippen molar-refractivity contribution >= 4 is 22.7 Å². The third-order valence-corrected chi connectivity index (χ3v) is 9.42. The lowest BCUT2D eigenvalue weighted by molar-refractivity contribution is -0.123. The first-order valence-electron chi connectivity index (χ1n) is 13.9. The van der Waals surface area contributed by atoms with Gasteiger partial charge in [0, 0.05) is 42.0 Å². The number of hydrogen-bond donors (Lipinski definition) is 1. The van der Waals surface area contributed by atoms with Gasteiger partial charge < -0.3 is 10.2 Å². The molecule has 2 saturated carbocycles. The van der Waals surface area contributed by atoms with E-state index in [9.17, 15) is 9.59 Å². The van der Waals surface area contributed by atoms with Crippen LogP contribution in [0.1, 0.15) is 72.1 Å². The number of rotatable bonds is 5. The van der Waals surface area contributed by atoms with Gasteiger partial charge in [0.1, 0.15) is 0 Å². The predicted molar refractivity (Wildman–Crippen MR) is 146 cm³/mol. The molecule has 5 heteroatoms. The highest BCUT2D eigenvalue weighted by Crippen LogP contribution is 2.59. The molecule has 1 atom stereocenters. The van der Waals surface area contributed by atoms with Gasteiger partial charge in [-0.3, -0.25) is 14.6 Å². The molecule has 6 rings (SSSR count). The van der Waals surface area contributed by atoms with Crippen LogP contribution in [0.2, 0.25) is 0 Å². The fourth-order valence-electron chi connectivity index (χ4n) is 7.04. The van der Waals surface area contributed by atoms with E-state index in [1.54, 1.807) is 0 Å². The summed E-state index contributed by atoms with van der Waals surface area (Å²) in [5.74, 6) is 0.391. The molecule has 3 aliphatic rings. The SMILES string of the molecule is Cc1ccc2nc(C)cc(C(=O)N3CCC4(CC3)CC4C(=O)NCC3(c4ccccc4)CCCC3)c2c1. The maximum atomic E-state index is 13.6. The van der Waals surface area contributed by atoms with Crippen LogP contribution in [-0.2, 0) is 10.2 Å². The fraction of sp³-hybridized carbons (Fsp3) is 0.469. The van der Waals surface area contributed by atoms with Crippen molar-refractivity contribution in [1.29, 1.82) is 0 Å². The summed E-state index contributed by atoms with van der Waals surface area (Å²) >= 11 is 0. The van der Waals surface area contributed by atoms with Crippen molar-refractivity contribution in [2.45, 2.75) is 64.2 Å². The Hall–Kier alpha value is -3.21. The largest absolute Gasteiger partial charge is 0.355 e. The number of likely N-dealkylation sites (tertiary alicyclic amines) is 1. The average Bonchev–Trinajstić information content (AvgIpc) is 3.38. The van der Waals surface area contributed by atoms with Gasteiger partial charge in [0.2, 0.25) is 5.91 Å². The van der Waals surface area contributed by atoms with E-state index in [4.69, 9.17) is 0 Å². The third kappa shape index (κ3) is 4.43. The molecule has 2 heterocycles. The topological polar surface area (TPSA) is 62.3 Å². The molecule has 0 bridgehead atoms. The van der Waals surface area contributed by atoms with Gasteiger partial charge in [0.05, 0.1) is 11.1 Å². The summed E-state index contributed by atoms with van der Waals surface area (Å²) in [7, 11) is 0. The fourth-order valence-corrected chi connectivity index (χ4v) is 7.04. The molecule has 1 aromatic heterocycles. The van der Waals surface area contributed by atoms with Crippen molar-refractivity contribution in [3.63, 3.8) is 0 Å². The first-order valence-corrected chi connectivity index (χ1v) is 13.9. The van der Waals surface area contributed by atoms with Crippen molar-refractivity contribution in [2.75, 3.05) is 19.6 Å². The van der Waals surface area contributed by atoms with Crippen molar-refractivity contribution in [2.24, 2.45) is 11.3 Å². The van der Waals surface area contributed by atoms with Gasteiger partial charge in [0.25, 0.3) is 5.91 Å². The molecule has 3 fully saturated rings. The van der Waals surface area contributed by atoms with Crippen molar-refractivity contribution in [3.05, 3.63) is 77.0 Å². The molecule has 37 heavy (non-hydrogen) atoms. The molecule has 1 unspecified atom stereocenters. The van der Waals surface area contributed by atoms with E-state index in [2.05, 4.69) is 46.7 Å². The Kier molecular flexibility index (Phi) is 6.05. The van der Waals surface area contributed by atoms with Crippen molar-refractivity contribution in [3.8, 4) is 0 Å². The number of benzene rings is 2.